The zero-order valence-corrected chi connectivity index (χ0v) is 16.5. The number of nitrogen functional groups attached to an aromatic ring is 1. The quantitative estimate of drug-likeness (QED) is 0.368. The van der Waals surface area contributed by atoms with Crippen molar-refractivity contribution in [3.05, 3.63) is 63.4 Å². The first-order valence-corrected chi connectivity index (χ1v) is 9.24. The highest BCUT2D eigenvalue weighted by molar-refractivity contribution is 6.34. The lowest BCUT2D eigenvalue weighted by atomic mass is 10.2. The van der Waals surface area contributed by atoms with Crippen LogP contribution >= 0.6 is 34.8 Å². The van der Waals surface area contributed by atoms with Gasteiger partial charge in [0.1, 0.15) is 0 Å². The Labute approximate surface area is 174 Å². The van der Waals surface area contributed by atoms with Crippen LogP contribution in [0.4, 0.5) is 11.6 Å². The van der Waals surface area contributed by atoms with Gasteiger partial charge in [-0.15, -0.1) is 0 Å². The third-order valence-electron chi connectivity index (χ3n) is 3.85. The number of H-pyrrole nitrogens is 1. The molecule has 142 valence electrons. The van der Waals surface area contributed by atoms with Gasteiger partial charge >= 0.3 is 6.01 Å². The zero-order chi connectivity index (χ0) is 19.7. The molecule has 2 heterocycles. The normalized spacial score (nSPS) is 11.0. The summed E-state index contributed by atoms with van der Waals surface area (Å²) in [6.07, 6.45) is 2.86. The number of aromatic nitrogens is 4. The first-order valence-electron chi connectivity index (χ1n) is 8.10. The van der Waals surface area contributed by atoms with Crippen molar-refractivity contribution in [3.63, 3.8) is 0 Å². The van der Waals surface area contributed by atoms with E-state index in [1.54, 1.807) is 18.2 Å². The summed E-state index contributed by atoms with van der Waals surface area (Å²) in [5.41, 5.74) is 8.88. The molecule has 0 amide bonds. The van der Waals surface area contributed by atoms with Gasteiger partial charge in [-0.1, -0.05) is 34.8 Å². The second-order valence-electron chi connectivity index (χ2n) is 5.88. The van der Waals surface area contributed by atoms with Crippen molar-refractivity contribution >= 4 is 57.5 Å². The highest BCUT2D eigenvalue weighted by Crippen LogP contribution is 2.33. The van der Waals surface area contributed by atoms with Crippen molar-refractivity contribution in [1.82, 2.24) is 19.9 Å². The molecule has 0 unspecified atom stereocenters. The SMILES string of the molecule is Nc1ccc2nc(NCc3cc(Cl)c(Oc4ncc(Cl)cn4)cc3Cl)[nH]c2c1. The van der Waals surface area contributed by atoms with Gasteiger partial charge in [0, 0.05) is 23.3 Å². The number of anilines is 2. The molecule has 4 rings (SSSR count). The molecular weight excluding hydrogens is 423 g/mol. The fraction of sp³-hybridized carbons (Fsp3) is 0.0556. The number of fused-ring (bicyclic) bond motifs is 1. The number of nitrogens with two attached hydrogens (primary N) is 1. The van der Waals surface area contributed by atoms with E-state index in [4.69, 9.17) is 45.3 Å². The minimum Gasteiger partial charge on any atom is -0.423 e. The number of nitrogens with one attached hydrogen (secondary N) is 2. The maximum absolute atomic E-state index is 6.37. The lowest BCUT2D eigenvalue weighted by Crippen LogP contribution is -2.02. The minimum atomic E-state index is 0.120. The molecule has 0 aliphatic carbocycles. The van der Waals surface area contributed by atoms with Crippen molar-refractivity contribution in [1.29, 1.82) is 0 Å². The Morgan fingerprint density at radius 3 is 2.61 bits per heavy atom. The van der Waals surface area contributed by atoms with E-state index in [0.717, 1.165) is 16.6 Å². The molecule has 0 aliphatic rings. The van der Waals surface area contributed by atoms with Gasteiger partial charge in [-0.25, -0.2) is 15.0 Å². The Morgan fingerprint density at radius 2 is 1.82 bits per heavy atom. The number of rotatable bonds is 5. The van der Waals surface area contributed by atoms with Gasteiger partial charge in [-0.3, -0.25) is 0 Å². The molecule has 7 nitrogen and oxygen atoms in total. The van der Waals surface area contributed by atoms with Crippen molar-refractivity contribution in [2.75, 3.05) is 11.1 Å². The third kappa shape index (κ3) is 4.06. The van der Waals surface area contributed by atoms with E-state index in [-0.39, 0.29) is 6.01 Å². The molecule has 0 aliphatic heterocycles. The van der Waals surface area contributed by atoms with Crippen LogP contribution in [0.15, 0.2) is 42.7 Å². The van der Waals surface area contributed by atoms with E-state index >= 15 is 0 Å². The van der Waals surface area contributed by atoms with Crippen LogP contribution in [0.3, 0.4) is 0 Å². The van der Waals surface area contributed by atoms with Gasteiger partial charge < -0.3 is 20.8 Å². The predicted molar refractivity (Wildman–Crippen MR) is 111 cm³/mol. The summed E-state index contributed by atoms with van der Waals surface area (Å²) in [5, 5.41) is 4.44. The molecule has 0 atom stereocenters. The summed E-state index contributed by atoms with van der Waals surface area (Å²) >= 11 is 18.4. The summed E-state index contributed by atoms with van der Waals surface area (Å²) in [5.74, 6) is 0.944. The standard InChI is InChI=1S/C18H13Cl3N6O/c19-10-7-24-18(25-8-10)28-16-5-12(20)9(3-13(16)21)6-23-17-26-14-2-1-11(22)4-15(14)27-17/h1-5,7-8H,6,22H2,(H2,23,26,27). The lowest BCUT2D eigenvalue weighted by molar-refractivity contribution is 0.442. The van der Waals surface area contributed by atoms with Crippen LogP contribution in [-0.4, -0.2) is 19.9 Å². The summed E-state index contributed by atoms with van der Waals surface area (Å²) in [4.78, 5) is 15.5. The zero-order valence-electron chi connectivity index (χ0n) is 14.2. The number of aromatic amines is 1. The Bertz CT molecular complexity index is 1150. The number of hydrogen-bond donors (Lipinski definition) is 3. The smallest absolute Gasteiger partial charge is 0.322 e. The molecule has 0 saturated heterocycles. The third-order valence-corrected chi connectivity index (χ3v) is 4.69. The van der Waals surface area contributed by atoms with E-state index in [9.17, 15) is 0 Å². The molecule has 4 N–H and O–H groups in total. The number of hydrogen-bond acceptors (Lipinski definition) is 6. The Kier molecular flexibility index (Phi) is 5.13. The van der Waals surface area contributed by atoms with E-state index in [0.29, 0.717) is 39.0 Å². The largest absolute Gasteiger partial charge is 0.423 e. The predicted octanol–water partition coefficient (Wildman–Crippen LogP) is 5.30. The number of benzene rings is 2. The summed E-state index contributed by atoms with van der Waals surface area (Å²) in [7, 11) is 0. The first kappa shape index (κ1) is 18.6. The molecule has 0 spiro atoms. The van der Waals surface area contributed by atoms with Gasteiger partial charge in [0.05, 0.1) is 33.5 Å². The van der Waals surface area contributed by atoms with Gasteiger partial charge in [0.2, 0.25) is 5.95 Å². The summed E-state index contributed by atoms with van der Waals surface area (Å²) < 4.78 is 5.57. The maximum Gasteiger partial charge on any atom is 0.322 e. The summed E-state index contributed by atoms with van der Waals surface area (Å²) in [6, 6.07) is 8.91. The van der Waals surface area contributed by atoms with Crippen LogP contribution in [0.5, 0.6) is 11.8 Å². The first-order chi connectivity index (χ1) is 13.5. The number of imidazole rings is 1. The maximum atomic E-state index is 6.37. The van der Waals surface area contributed by atoms with Gasteiger partial charge in [0.15, 0.2) is 5.75 Å². The molecule has 0 fully saturated rings. The van der Waals surface area contributed by atoms with Gasteiger partial charge in [-0.2, -0.15) is 0 Å². The van der Waals surface area contributed by atoms with E-state index in [2.05, 4.69) is 25.3 Å². The summed E-state index contributed by atoms with van der Waals surface area (Å²) in [6.45, 7) is 0.408. The van der Waals surface area contributed by atoms with Crippen LogP contribution in [0.1, 0.15) is 5.56 Å². The average Bonchev–Trinajstić information content (AvgIpc) is 3.07. The van der Waals surface area contributed by atoms with E-state index < -0.39 is 0 Å². The highest BCUT2D eigenvalue weighted by Gasteiger charge is 2.12. The van der Waals surface area contributed by atoms with E-state index in [1.807, 2.05) is 12.1 Å². The highest BCUT2D eigenvalue weighted by atomic mass is 35.5. The molecule has 0 bridgehead atoms. The molecule has 10 heteroatoms. The fourth-order valence-electron chi connectivity index (χ4n) is 2.52. The Balaban J connectivity index is 1.50. The molecule has 0 radical (unpaired) electrons. The molecule has 28 heavy (non-hydrogen) atoms. The molecule has 0 saturated carbocycles. The fourth-order valence-corrected chi connectivity index (χ4v) is 3.07. The van der Waals surface area contributed by atoms with Crippen LogP contribution in [0.25, 0.3) is 11.0 Å². The minimum absolute atomic E-state index is 0.120. The van der Waals surface area contributed by atoms with Crippen molar-refractivity contribution in [3.8, 4) is 11.8 Å². The molecule has 4 aromatic rings. The van der Waals surface area contributed by atoms with Gasteiger partial charge in [0.25, 0.3) is 0 Å². The lowest BCUT2D eigenvalue weighted by Gasteiger charge is -2.10. The molecular formula is C18H13Cl3N6O. The second-order valence-corrected chi connectivity index (χ2v) is 7.13. The monoisotopic (exact) mass is 434 g/mol. The number of halogens is 3. The van der Waals surface area contributed by atoms with Crippen molar-refractivity contribution in [2.24, 2.45) is 0 Å². The Hall–Kier alpha value is -2.74. The van der Waals surface area contributed by atoms with Crippen molar-refractivity contribution < 1.29 is 4.74 Å². The van der Waals surface area contributed by atoms with Crippen LogP contribution in [0, 0.1) is 0 Å². The number of nitrogens with zero attached hydrogens (tertiary/aromatic N) is 3. The molecule has 2 aromatic heterocycles. The van der Waals surface area contributed by atoms with E-state index in [1.165, 1.54) is 12.4 Å². The average molecular weight is 436 g/mol. The Morgan fingerprint density at radius 1 is 1.04 bits per heavy atom. The van der Waals surface area contributed by atoms with Gasteiger partial charge in [-0.05, 0) is 29.8 Å². The van der Waals surface area contributed by atoms with Crippen LogP contribution < -0.4 is 15.8 Å². The van der Waals surface area contributed by atoms with Crippen LogP contribution in [0.2, 0.25) is 15.1 Å². The van der Waals surface area contributed by atoms with Crippen molar-refractivity contribution in [2.45, 2.75) is 6.54 Å². The van der Waals surface area contributed by atoms with Crippen LogP contribution in [-0.2, 0) is 6.54 Å². The topological polar surface area (TPSA) is 102 Å². The number of ether oxygens (including phenoxy) is 1. The molecule has 2 aromatic carbocycles. The second kappa shape index (κ2) is 7.71.